The van der Waals surface area contributed by atoms with Crippen LogP contribution >= 0.6 is 0 Å². The van der Waals surface area contributed by atoms with Crippen molar-refractivity contribution in [2.45, 2.75) is 64.7 Å². The molecule has 4 atom stereocenters. The summed E-state index contributed by atoms with van der Waals surface area (Å²) in [6, 6.07) is 0.573. The van der Waals surface area contributed by atoms with Crippen molar-refractivity contribution in [3.05, 3.63) is 67.1 Å². The van der Waals surface area contributed by atoms with Crippen LogP contribution in [-0.2, 0) is 23.8 Å². The van der Waals surface area contributed by atoms with Crippen molar-refractivity contribution in [3.8, 4) is 11.5 Å². The molecule has 1 fully saturated rings. The molecule has 0 unspecified atom stereocenters. The fourth-order valence-corrected chi connectivity index (χ4v) is 4.53. The van der Waals surface area contributed by atoms with Gasteiger partial charge in [0.15, 0.2) is 17.2 Å². The lowest BCUT2D eigenvalue weighted by molar-refractivity contribution is -0.160. The molecule has 0 radical (unpaired) electrons. The van der Waals surface area contributed by atoms with Crippen LogP contribution < -0.4 is 14.8 Å². The first-order chi connectivity index (χ1) is 19.2. The molecule has 0 aliphatic carbocycles. The lowest BCUT2D eigenvalue weighted by Gasteiger charge is -2.31. The number of ether oxygens (including phenoxy) is 5. The number of methoxy groups -OCH3 is 1. The van der Waals surface area contributed by atoms with Crippen LogP contribution in [0.15, 0.2) is 61.4 Å². The maximum absolute atomic E-state index is 13.3. The van der Waals surface area contributed by atoms with Crippen LogP contribution in [-0.4, -0.2) is 61.6 Å². The number of nitrogens with one attached hydrogen (secondary N) is 1. The Morgan fingerprint density at radius 3 is 2.70 bits per heavy atom. The molecular formula is C30H40N2O8. The Morgan fingerprint density at radius 2 is 2.05 bits per heavy atom. The minimum atomic E-state index is -0.929. The smallest absolute Gasteiger partial charge is 0.329 e. The number of pyridine rings is 1. The van der Waals surface area contributed by atoms with Crippen LogP contribution in [0.5, 0.6) is 11.5 Å². The van der Waals surface area contributed by atoms with Gasteiger partial charge < -0.3 is 29.0 Å². The number of amides is 1. The second-order valence-electron chi connectivity index (χ2n) is 9.22. The standard InChI is InChI=1S/C30H40N2O8/c1-7-11-22(12-8-2)18-23-13-10-14-24(30(35)40-20(4)27(23)37-17-9-3)32-29(34)26-28(39-19-38-21(5)33)25(36-6)15-16-31-26/h7-9,11-12,15-16,20,23-24,27H,1,3,10,13-14,17-19H2,2,4-6H3,(H,32,34)/b12-8-,22-11+/t20-,23+,24-,27-/m0/s1. The quantitative estimate of drug-likeness (QED) is 0.162. The van der Waals surface area contributed by atoms with E-state index in [0.29, 0.717) is 25.9 Å². The Bertz CT molecular complexity index is 1100. The van der Waals surface area contributed by atoms with Gasteiger partial charge in [0.25, 0.3) is 5.91 Å². The van der Waals surface area contributed by atoms with Gasteiger partial charge in [-0.1, -0.05) is 43.4 Å². The largest absolute Gasteiger partial charge is 0.493 e. The van der Waals surface area contributed by atoms with Crippen molar-refractivity contribution in [3.63, 3.8) is 0 Å². The first-order valence-corrected chi connectivity index (χ1v) is 13.2. The lowest BCUT2D eigenvalue weighted by atomic mass is 9.86. The zero-order valence-electron chi connectivity index (χ0n) is 23.7. The molecule has 1 saturated heterocycles. The van der Waals surface area contributed by atoms with Gasteiger partial charge in [0.1, 0.15) is 12.1 Å². The summed E-state index contributed by atoms with van der Waals surface area (Å²) in [4.78, 5) is 41.8. The highest BCUT2D eigenvalue weighted by atomic mass is 16.7. The van der Waals surface area contributed by atoms with Crippen molar-refractivity contribution in [2.75, 3.05) is 20.5 Å². The predicted octanol–water partition coefficient (Wildman–Crippen LogP) is 4.47. The molecule has 1 aliphatic rings. The van der Waals surface area contributed by atoms with Crippen molar-refractivity contribution >= 4 is 17.8 Å². The van der Waals surface area contributed by atoms with E-state index >= 15 is 0 Å². The normalized spacial score (nSPS) is 21.8. The number of hydrogen-bond donors (Lipinski definition) is 1. The summed E-state index contributed by atoms with van der Waals surface area (Å²) >= 11 is 0. The number of aromatic nitrogens is 1. The number of carbonyl (C=O) groups is 3. The van der Waals surface area contributed by atoms with Gasteiger partial charge >= 0.3 is 11.9 Å². The molecule has 1 amide bonds. The van der Waals surface area contributed by atoms with Crippen LogP contribution in [0.25, 0.3) is 0 Å². The molecule has 218 valence electrons. The van der Waals surface area contributed by atoms with E-state index in [1.807, 2.05) is 25.2 Å². The van der Waals surface area contributed by atoms with Crippen LogP contribution in [0, 0.1) is 5.92 Å². The van der Waals surface area contributed by atoms with Crippen molar-refractivity contribution in [1.82, 2.24) is 10.3 Å². The SMILES string of the molecule is C=C/C=C(\C=C/C)C[C@H]1CCC[C@H](NC(=O)c2nccc(OC)c2OCOC(C)=O)C(=O)O[C@@H](C)[C@@H]1OCC=C. The number of carbonyl (C=O) groups excluding carboxylic acids is 3. The minimum Gasteiger partial charge on any atom is -0.493 e. The van der Waals surface area contributed by atoms with Crippen molar-refractivity contribution in [2.24, 2.45) is 5.92 Å². The Morgan fingerprint density at radius 1 is 1.27 bits per heavy atom. The lowest BCUT2D eigenvalue weighted by Crippen LogP contribution is -2.44. The Balaban J connectivity index is 2.28. The van der Waals surface area contributed by atoms with Crippen LogP contribution in [0.2, 0.25) is 0 Å². The summed E-state index contributed by atoms with van der Waals surface area (Å²) < 4.78 is 27.5. The topological polar surface area (TPSA) is 122 Å². The summed E-state index contributed by atoms with van der Waals surface area (Å²) in [5.41, 5.74) is 0.963. The van der Waals surface area contributed by atoms with Gasteiger partial charge in [-0.15, -0.1) is 6.58 Å². The number of hydrogen-bond acceptors (Lipinski definition) is 9. The van der Waals surface area contributed by atoms with Gasteiger partial charge in [-0.3, -0.25) is 9.59 Å². The molecule has 1 N–H and O–H groups in total. The fourth-order valence-electron chi connectivity index (χ4n) is 4.53. The van der Waals surface area contributed by atoms with E-state index in [0.717, 1.165) is 12.0 Å². The molecule has 0 aromatic carbocycles. The monoisotopic (exact) mass is 556 g/mol. The van der Waals surface area contributed by atoms with Gasteiger partial charge in [0.2, 0.25) is 6.79 Å². The number of cyclic esters (lactones) is 1. The molecule has 0 saturated carbocycles. The average Bonchev–Trinajstić information content (AvgIpc) is 2.96. The Labute approximate surface area is 236 Å². The minimum absolute atomic E-state index is 0.0166. The van der Waals surface area contributed by atoms with Crippen LogP contribution in [0.4, 0.5) is 0 Å². The van der Waals surface area contributed by atoms with E-state index in [4.69, 9.17) is 23.7 Å². The Hall–Kier alpha value is -3.92. The zero-order chi connectivity index (χ0) is 29.5. The molecule has 1 aromatic rings. The summed E-state index contributed by atoms with van der Waals surface area (Å²) in [6.45, 7) is 12.4. The third-order valence-corrected chi connectivity index (χ3v) is 6.27. The third kappa shape index (κ3) is 9.68. The molecule has 1 aliphatic heterocycles. The molecule has 2 heterocycles. The van der Waals surface area contributed by atoms with Crippen molar-refractivity contribution in [1.29, 1.82) is 0 Å². The third-order valence-electron chi connectivity index (χ3n) is 6.27. The highest BCUT2D eigenvalue weighted by Crippen LogP contribution is 2.31. The average molecular weight is 557 g/mol. The maximum atomic E-state index is 13.3. The van der Waals surface area contributed by atoms with Crippen LogP contribution in [0.3, 0.4) is 0 Å². The van der Waals surface area contributed by atoms with E-state index < -0.39 is 36.8 Å². The molecular weight excluding hydrogens is 516 g/mol. The van der Waals surface area contributed by atoms with E-state index in [1.165, 1.54) is 26.3 Å². The number of esters is 2. The van der Waals surface area contributed by atoms with E-state index in [1.54, 1.807) is 19.1 Å². The fraction of sp³-hybridized carbons (Fsp3) is 0.467. The van der Waals surface area contributed by atoms with Gasteiger partial charge in [0, 0.05) is 19.2 Å². The van der Waals surface area contributed by atoms with Crippen LogP contribution in [0.1, 0.15) is 56.9 Å². The molecule has 10 heteroatoms. The van der Waals surface area contributed by atoms with E-state index in [9.17, 15) is 14.4 Å². The second-order valence-corrected chi connectivity index (χ2v) is 9.22. The number of allylic oxidation sites excluding steroid dienone is 5. The van der Waals surface area contributed by atoms with Gasteiger partial charge in [-0.2, -0.15) is 0 Å². The highest BCUT2D eigenvalue weighted by molar-refractivity contribution is 5.98. The summed E-state index contributed by atoms with van der Waals surface area (Å²) in [6.07, 6.45) is 12.2. The first kappa shape index (κ1) is 32.3. The number of rotatable bonds is 13. The molecule has 1 aromatic heterocycles. The summed E-state index contributed by atoms with van der Waals surface area (Å²) in [7, 11) is 1.40. The molecule has 10 nitrogen and oxygen atoms in total. The predicted molar refractivity (Wildman–Crippen MR) is 150 cm³/mol. The van der Waals surface area contributed by atoms with Crippen molar-refractivity contribution < 1.29 is 38.1 Å². The molecule has 40 heavy (non-hydrogen) atoms. The summed E-state index contributed by atoms with van der Waals surface area (Å²) in [5, 5.41) is 2.73. The summed E-state index contributed by atoms with van der Waals surface area (Å²) in [5.74, 6) is -1.55. The second kappa shape index (κ2) is 16.9. The highest BCUT2D eigenvalue weighted by Gasteiger charge is 2.35. The maximum Gasteiger partial charge on any atom is 0.329 e. The molecule has 2 rings (SSSR count). The van der Waals surface area contributed by atoms with E-state index in [2.05, 4.69) is 23.5 Å². The Kier molecular flexibility index (Phi) is 13.7. The number of nitrogens with zero attached hydrogens (tertiary/aromatic N) is 1. The van der Waals surface area contributed by atoms with Gasteiger partial charge in [-0.05, 0) is 44.6 Å². The zero-order valence-corrected chi connectivity index (χ0v) is 23.7. The van der Waals surface area contributed by atoms with Gasteiger partial charge in [0.05, 0.1) is 19.8 Å². The molecule has 0 spiro atoms. The van der Waals surface area contributed by atoms with E-state index in [-0.39, 0.29) is 29.2 Å². The first-order valence-electron chi connectivity index (χ1n) is 13.2. The van der Waals surface area contributed by atoms with Gasteiger partial charge in [-0.25, -0.2) is 9.78 Å². The molecule has 0 bridgehead atoms.